The molecule has 0 saturated carbocycles. The molecule has 0 N–H and O–H groups in total. The van der Waals surface area contributed by atoms with Crippen LogP contribution in [0.4, 0.5) is 0 Å². The van der Waals surface area contributed by atoms with Crippen LogP contribution < -0.4 is 5.46 Å². The van der Waals surface area contributed by atoms with Gasteiger partial charge in [-0.3, -0.25) is 0 Å². The predicted octanol–water partition coefficient (Wildman–Crippen LogP) is 8.78. The Labute approximate surface area is 230 Å². The van der Waals surface area contributed by atoms with E-state index in [2.05, 4.69) is 143 Å². The van der Waals surface area contributed by atoms with Gasteiger partial charge in [0.05, 0.1) is 11.2 Å². The first-order valence-corrected chi connectivity index (χ1v) is 13.7. The molecule has 3 heteroatoms. The summed E-state index contributed by atoms with van der Waals surface area (Å²) in [4.78, 5) is 0. The van der Waals surface area contributed by atoms with Gasteiger partial charge >= 0.3 is 7.12 Å². The fourth-order valence-electron chi connectivity index (χ4n) is 5.73. The van der Waals surface area contributed by atoms with Crippen molar-refractivity contribution >= 4 is 44.9 Å². The lowest BCUT2D eigenvalue weighted by Gasteiger charge is -2.32. The quantitative estimate of drug-likeness (QED) is 0.176. The third-order valence-electron chi connectivity index (χ3n) is 8.66. The zero-order chi connectivity index (χ0) is 26.8. The van der Waals surface area contributed by atoms with Gasteiger partial charge < -0.3 is 9.31 Å². The van der Waals surface area contributed by atoms with Crippen LogP contribution in [0.15, 0.2) is 115 Å². The summed E-state index contributed by atoms with van der Waals surface area (Å²) in [6.45, 7) is 8.37. The van der Waals surface area contributed by atoms with Crippen molar-refractivity contribution in [2.75, 3.05) is 0 Å². The Kier molecular flexibility index (Phi) is 5.45. The van der Waals surface area contributed by atoms with Gasteiger partial charge in [-0.2, -0.15) is 0 Å². The topological polar surface area (TPSA) is 18.5 Å². The number of rotatable bonds is 3. The van der Waals surface area contributed by atoms with E-state index < -0.39 is 0 Å². The highest BCUT2D eigenvalue weighted by atomic mass is 16.7. The van der Waals surface area contributed by atoms with Crippen molar-refractivity contribution in [2.24, 2.45) is 0 Å². The molecule has 39 heavy (non-hydrogen) atoms. The molecule has 6 aromatic carbocycles. The van der Waals surface area contributed by atoms with Crippen LogP contribution in [0, 0.1) is 0 Å². The number of hydrogen-bond donors (Lipinski definition) is 0. The third kappa shape index (κ3) is 4.05. The lowest BCUT2D eigenvalue weighted by molar-refractivity contribution is 0.00578. The Morgan fingerprint density at radius 3 is 1.87 bits per heavy atom. The van der Waals surface area contributed by atoms with Crippen LogP contribution in [0.2, 0.25) is 0 Å². The van der Waals surface area contributed by atoms with E-state index in [-0.39, 0.29) is 18.3 Å². The minimum Gasteiger partial charge on any atom is -0.399 e. The van der Waals surface area contributed by atoms with Crippen molar-refractivity contribution in [2.45, 2.75) is 38.9 Å². The van der Waals surface area contributed by atoms with Crippen LogP contribution in [-0.2, 0) is 9.31 Å². The minimum absolute atomic E-state index is 0.349. The van der Waals surface area contributed by atoms with Crippen LogP contribution in [0.5, 0.6) is 0 Å². The molecule has 1 aliphatic heterocycles. The van der Waals surface area contributed by atoms with E-state index in [4.69, 9.17) is 9.31 Å². The van der Waals surface area contributed by atoms with E-state index in [0.717, 1.165) is 5.46 Å². The average molecular weight is 506 g/mol. The molecule has 1 fully saturated rings. The lowest BCUT2D eigenvalue weighted by Crippen LogP contribution is -2.41. The summed E-state index contributed by atoms with van der Waals surface area (Å²) in [5, 5.41) is 7.51. The second kappa shape index (κ2) is 8.81. The van der Waals surface area contributed by atoms with Crippen molar-refractivity contribution in [3.05, 3.63) is 115 Å². The lowest BCUT2D eigenvalue weighted by atomic mass is 9.78. The Hall–Kier alpha value is -3.92. The highest BCUT2D eigenvalue weighted by molar-refractivity contribution is 6.62. The monoisotopic (exact) mass is 506 g/mol. The molecule has 0 bridgehead atoms. The standard InChI is InChI=1S/C36H31BO2/c1-35(2)36(3,4)39-37(38-35)30-19-18-26-20-25(16-17-27(26)22-30)24-11-9-12-28(21-24)34-23-29-10-5-6-13-31(29)32-14-7-8-15-33(32)34/h5-23H,1-4H3. The SMILES string of the molecule is CC1(C)OB(c2ccc3cc(-c4cccc(-c5cc6ccccc6c6ccccc56)c4)ccc3c2)OC1(C)C. The molecule has 0 atom stereocenters. The van der Waals surface area contributed by atoms with Gasteiger partial charge in [-0.15, -0.1) is 0 Å². The molecule has 1 heterocycles. The minimum atomic E-state index is -0.354. The van der Waals surface area contributed by atoms with E-state index in [1.54, 1.807) is 0 Å². The molecule has 0 amide bonds. The summed E-state index contributed by atoms with van der Waals surface area (Å²) in [6.07, 6.45) is 0. The van der Waals surface area contributed by atoms with Crippen molar-refractivity contribution in [3.8, 4) is 22.3 Å². The molecular weight excluding hydrogens is 475 g/mol. The first-order valence-electron chi connectivity index (χ1n) is 13.7. The van der Waals surface area contributed by atoms with E-state index in [1.165, 1.54) is 54.6 Å². The number of fused-ring (bicyclic) bond motifs is 4. The maximum absolute atomic E-state index is 6.28. The van der Waals surface area contributed by atoms with Gasteiger partial charge in [0, 0.05) is 0 Å². The van der Waals surface area contributed by atoms with Gasteiger partial charge in [0.25, 0.3) is 0 Å². The second-order valence-electron chi connectivity index (χ2n) is 11.7. The molecule has 0 spiro atoms. The fourth-order valence-corrected chi connectivity index (χ4v) is 5.73. The molecule has 6 aromatic rings. The highest BCUT2D eigenvalue weighted by Gasteiger charge is 2.51. The van der Waals surface area contributed by atoms with Gasteiger partial charge in [-0.05, 0) is 106 Å². The van der Waals surface area contributed by atoms with E-state index in [1.807, 2.05) is 0 Å². The van der Waals surface area contributed by atoms with Gasteiger partial charge in [0.1, 0.15) is 0 Å². The molecule has 1 saturated heterocycles. The average Bonchev–Trinajstić information content (AvgIpc) is 3.18. The van der Waals surface area contributed by atoms with Gasteiger partial charge in [-0.25, -0.2) is 0 Å². The Balaban J connectivity index is 1.27. The van der Waals surface area contributed by atoms with Crippen molar-refractivity contribution in [1.29, 1.82) is 0 Å². The molecule has 0 unspecified atom stereocenters. The largest absolute Gasteiger partial charge is 0.494 e. The summed E-state index contributed by atoms with van der Waals surface area (Å²) in [6, 6.07) is 41.8. The number of benzene rings is 6. The molecule has 2 nitrogen and oxygen atoms in total. The molecule has 0 radical (unpaired) electrons. The Bertz CT molecular complexity index is 1870. The second-order valence-corrected chi connectivity index (χ2v) is 11.7. The summed E-state index contributed by atoms with van der Waals surface area (Å²) in [5.74, 6) is 0. The summed E-state index contributed by atoms with van der Waals surface area (Å²) >= 11 is 0. The van der Waals surface area contributed by atoms with Crippen molar-refractivity contribution in [1.82, 2.24) is 0 Å². The van der Waals surface area contributed by atoms with Gasteiger partial charge in [-0.1, -0.05) is 97.1 Å². The first-order chi connectivity index (χ1) is 18.8. The molecule has 0 aromatic heterocycles. The van der Waals surface area contributed by atoms with Crippen LogP contribution in [-0.4, -0.2) is 18.3 Å². The van der Waals surface area contributed by atoms with Crippen LogP contribution in [0.25, 0.3) is 54.6 Å². The fraction of sp³-hybridized carbons (Fsp3) is 0.167. The Morgan fingerprint density at radius 2 is 1.08 bits per heavy atom. The zero-order valence-electron chi connectivity index (χ0n) is 22.9. The normalized spacial score (nSPS) is 16.4. The zero-order valence-corrected chi connectivity index (χ0v) is 22.9. The molecule has 190 valence electrons. The molecule has 1 aliphatic rings. The van der Waals surface area contributed by atoms with Crippen molar-refractivity contribution < 1.29 is 9.31 Å². The van der Waals surface area contributed by atoms with E-state index in [9.17, 15) is 0 Å². The van der Waals surface area contributed by atoms with E-state index >= 15 is 0 Å². The number of hydrogen-bond acceptors (Lipinski definition) is 2. The highest BCUT2D eigenvalue weighted by Crippen LogP contribution is 2.38. The third-order valence-corrected chi connectivity index (χ3v) is 8.66. The van der Waals surface area contributed by atoms with Crippen LogP contribution >= 0.6 is 0 Å². The summed E-state index contributed by atoms with van der Waals surface area (Å²) < 4.78 is 12.6. The predicted molar refractivity (Wildman–Crippen MR) is 166 cm³/mol. The maximum atomic E-state index is 6.28. The van der Waals surface area contributed by atoms with Crippen LogP contribution in [0.1, 0.15) is 27.7 Å². The van der Waals surface area contributed by atoms with Gasteiger partial charge in [0.2, 0.25) is 0 Å². The molecule has 7 rings (SSSR count). The van der Waals surface area contributed by atoms with E-state index in [0.29, 0.717) is 0 Å². The molecule has 0 aliphatic carbocycles. The van der Waals surface area contributed by atoms with Crippen LogP contribution in [0.3, 0.4) is 0 Å². The van der Waals surface area contributed by atoms with Crippen molar-refractivity contribution in [3.63, 3.8) is 0 Å². The smallest absolute Gasteiger partial charge is 0.399 e. The summed E-state index contributed by atoms with van der Waals surface area (Å²) in [5.41, 5.74) is 5.26. The molecular formula is C36H31BO2. The maximum Gasteiger partial charge on any atom is 0.494 e. The Morgan fingerprint density at radius 1 is 0.462 bits per heavy atom. The summed E-state index contributed by atoms with van der Waals surface area (Å²) in [7, 11) is -0.354. The van der Waals surface area contributed by atoms with Gasteiger partial charge in [0.15, 0.2) is 0 Å². The first kappa shape index (κ1) is 24.1.